The van der Waals surface area contributed by atoms with Gasteiger partial charge in [0.25, 0.3) is 0 Å². The monoisotopic (exact) mass is 616 g/mol. The molecule has 18 heteroatoms. The van der Waals surface area contributed by atoms with Gasteiger partial charge in [-0.05, 0) is 24.9 Å². The molecular weight excluding hydrogens is 589 g/mol. The fourth-order valence-electron chi connectivity index (χ4n) is 4.05. The SMILES string of the molecule is CCOP(=O)(CC[C@H]1O[C@@H](n2cnc3c(Cl)nc(Cl)nc32)C(OC(C)=O)C1OC(C)=O)CP(=O)(OC)OC. The number of esters is 2. The lowest BCUT2D eigenvalue weighted by Gasteiger charge is -2.25. The minimum Gasteiger partial charge on any atom is -0.456 e. The summed E-state index contributed by atoms with van der Waals surface area (Å²) in [6.45, 7) is 4.09. The van der Waals surface area contributed by atoms with Crippen molar-refractivity contribution in [2.75, 3.05) is 32.9 Å². The number of halogens is 2. The number of carbonyl (C=O) groups excluding carboxylic acids is 2. The van der Waals surface area contributed by atoms with Gasteiger partial charge in [0.15, 0.2) is 29.2 Å². The molecule has 212 valence electrons. The van der Waals surface area contributed by atoms with E-state index in [2.05, 4.69) is 15.0 Å². The lowest BCUT2D eigenvalue weighted by Crippen LogP contribution is -2.39. The topological polar surface area (TPSA) is 167 Å². The van der Waals surface area contributed by atoms with Crippen LogP contribution in [0.5, 0.6) is 0 Å². The second kappa shape index (κ2) is 12.7. The third-order valence-electron chi connectivity index (χ3n) is 5.58. The Balaban J connectivity index is 1.98. The number of hydrogen-bond acceptors (Lipinski definition) is 13. The van der Waals surface area contributed by atoms with Gasteiger partial charge in [-0.1, -0.05) is 11.6 Å². The molecule has 2 aromatic rings. The number of ether oxygens (including phenoxy) is 3. The molecule has 0 spiro atoms. The van der Waals surface area contributed by atoms with Crippen LogP contribution in [0.15, 0.2) is 6.33 Å². The zero-order valence-electron chi connectivity index (χ0n) is 21.2. The van der Waals surface area contributed by atoms with Crippen molar-refractivity contribution in [3.8, 4) is 0 Å². The molecule has 5 atom stereocenters. The van der Waals surface area contributed by atoms with Crippen molar-refractivity contribution in [2.24, 2.45) is 0 Å². The minimum absolute atomic E-state index is 0.0000436. The zero-order valence-corrected chi connectivity index (χ0v) is 24.5. The summed E-state index contributed by atoms with van der Waals surface area (Å²) in [5.74, 6) is -1.80. The summed E-state index contributed by atoms with van der Waals surface area (Å²) in [7, 11) is -4.90. The van der Waals surface area contributed by atoms with Gasteiger partial charge in [0.1, 0.15) is 17.5 Å². The first-order valence-electron chi connectivity index (χ1n) is 11.3. The largest absolute Gasteiger partial charge is 0.456 e. The van der Waals surface area contributed by atoms with Gasteiger partial charge in [-0.25, -0.2) is 9.97 Å². The first kappa shape index (κ1) is 30.9. The predicted molar refractivity (Wildman–Crippen MR) is 136 cm³/mol. The van der Waals surface area contributed by atoms with Crippen LogP contribution in [0.3, 0.4) is 0 Å². The van der Waals surface area contributed by atoms with Crippen LogP contribution in [0.1, 0.15) is 33.4 Å². The van der Waals surface area contributed by atoms with Crippen molar-refractivity contribution in [3.05, 3.63) is 16.8 Å². The summed E-state index contributed by atoms with van der Waals surface area (Å²) in [5.41, 5.74) is 0.393. The van der Waals surface area contributed by atoms with E-state index in [0.717, 1.165) is 0 Å². The fourth-order valence-corrected chi connectivity index (χ4v) is 9.79. The molecule has 3 rings (SSSR count). The summed E-state index contributed by atoms with van der Waals surface area (Å²) >= 11 is 12.1. The van der Waals surface area contributed by atoms with Crippen LogP contribution in [0.4, 0.5) is 0 Å². The molecule has 3 unspecified atom stereocenters. The molecule has 0 N–H and O–H groups in total. The van der Waals surface area contributed by atoms with E-state index in [1.807, 2.05) is 0 Å². The summed E-state index contributed by atoms with van der Waals surface area (Å²) in [6.07, 6.45) is -3.08. The average molecular weight is 617 g/mol. The fraction of sp³-hybridized carbons (Fsp3) is 0.650. The Kier molecular flexibility index (Phi) is 10.3. The Morgan fingerprint density at radius 3 is 2.29 bits per heavy atom. The summed E-state index contributed by atoms with van der Waals surface area (Å²) in [4.78, 5) is 36.2. The second-order valence-corrected chi connectivity index (χ2v) is 14.3. The number of hydrogen-bond donors (Lipinski definition) is 0. The van der Waals surface area contributed by atoms with Crippen LogP contribution >= 0.6 is 38.2 Å². The molecule has 1 fully saturated rings. The Morgan fingerprint density at radius 2 is 1.71 bits per heavy atom. The molecule has 0 aliphatic carbocycles. The summed E-state index contributed by atoms with van der Waals surface area (Å²) in [6, 6.07) is 0. The smallest absolute Gasteiger partial charge is 0.339 e. The van der Waals surface area contributed by atoms with E-state index >= 15 is 0 Å². The van der Waals surface area contributed by atoms with E-state index in [1.54, 1.807) is 6.92 Å². The van der Waals surface area contributed by atoms with Crippen LogP contribution in [-0.2, 0) is 46.5 Å². The van der Waals surface area contributed by atoms with Crippen molar-refractivity contribution < 1.29 is 46.5 Å². The molecule has 3 heterocycles. The molecular formula is C20H28Cl2N4O10P2. The molecule has 1 aliphatic heterocycles. The average Bonchev–Trinajstić information content (AvgIpc) is 3.39. The maximum atomic E-state index is 13.6. The molecule has 1 saturated heterocycles. The Hall–Kier alpha value is -1.63. The Morgan fingerprint density at radius 1 is 1.08 bits per heavy atom. The van der Waals surface area contributed by atoms with Crippen molar-refractivity contribution >= 4 is 61.3 Å². The normalized spacial score (nSPS) is 23.3. The van der Waals surface area contributed by atoms with Crippen molar-refractivity contribution in [3.63, 3.8) is 0 Å². The van der Waals surface area contributed by atoms with Crippen molar-refractivity contribution in [1.29, 1.82) is 0 Å². The number of nitrogens with zero attached hydrogens (tertiary/aromatic N) is 4. The molecule has 0 saturated carbocycles. The van der Waals surface area contributed by atoms with E-state index in [9.17, 15) is 18.7 Å². The van der Waals surface area contributed by atoms with Gasteiger partial charge in [-0.3, -0.25) is 23.3 Å². The number of carbonyl (C=O) groups is 2. The second-order valence-electron chi connectivity index (χ2n) is 8.18. The van der Waals surface area contributed by atoms with Gasteiger partial charge in [0, 0.05) is 34.2 Å². The summed E-state index contributed by atoms with van der Waals surface area (Å²) < 4.78 is 60.3. The van der Waals surface area contributed by atoms with Crippen molar-refractivity contribution in [2.45, 2.75) is 51.7 Å². The predicted octanol–water partition coefficient (Wildman–Crippen LogP) is 4.04. The lowest BCUT2D eigenvalue weighted by atomic mass is 10.1. The molecule has 2 aromatic heterocycles. The van der Waals surface area contributed by atoms with E-state index in [1.165, 1.54) is 39.0 Å². The van der Waals surface area contributed by atoms with Gasteiger partial charge >= 0.3 is 19.5 Å². The van der Waals surface area contributed by atoms with Gasteiger partial charge in [-0.15, -0.1) is 0 Å². The van der Waals surface area contributed by atoms with Crippen molar-refractivity contribution in [1.82, 2.24) is 19.5 Å². The highest BCUT2D eigenvalue weighted by molar-refractivity contribution is 7.73. The molecule has 0 bridgehead atoms. The van der Waals surface area contributed by atoms with Crippen LogP contribution in [0.25, 0.3) is 11.2 Å². The number of imidazole rings is 1. The third-order valence-corrected chi connectivity index (χ3v) is 11.9. The molecule has 14 nitrogen and oxygen atoms in total. The molecule has 0 radical (unpaired) electrons. The number of aromatic nitrogens is 4. The first-order chi connectivity index (χ1) is 17.8. The molecule has 0 aromatic carbocycles. The minimum atomic E-state index is -3.69. The number of rotatable bonds is 12. The Labute approximate surface area is 228 Å². The van der Waals surface area contributed by atoms with E-state index in [4.69, 9.17) is 51.0 Å². The highest BCUT2D eigenvalue weighted by Crippen LogP contribution is 2.63. The zero-order chi connectivity index (χ0) is 28.3. The maximum Gasteiger partial charge on any atom is 0.339 e. The third kappa shape index (κ3) is 7.11. The highest BCUT2D eigenvalue weighted by Gasteiger charge is 2.51. The van der Waals surface area contributed by atoms with Gasteiger partial charge < -0.3 is 27.8 Å². The first-order valence-corrected chi connectivity index (χ1v) is 15.8. The van der Waals surface area contributed by atoms with Crippen LogP contribution < -0.4 is 0 Å². The standard InChI is InChI=1S/C20H28Cl2N4O10P2/c1-6-33-37(29,10-38(30,31-4)32-5)8-7-13-15(34-11(2)27)16(35-12(3)28)19(36-13)26-9-23-14-17(21)24-20(22)25-18(14)26/h9,13,15-16,19H,6-8,10H2,1-5H3/t13-,15?,16?,19-,37?/m1/s1. The van der Waals surface area contributed by atoms with Crippen LogP contribution in [-0.4, -0.2) is 82.7 Å². The Bertz CT molecular complexity index is 1270. The number of fused-ring (bicyclic) bond motifs is 1. The van der Waals surface area contributed by atoms with Gasteiger partial charge in [-0.2, -0.15) is 4.98 Å². The maximum absolute atomic E-state index is 13.6. The quantitative estimate of drug-likeness (QED) is 0.145. The summed E-state index contributed by atoms with van der Waals surface area (Å²) in [5, 5.41) is -0.162. The van der Waals surface area contributed by atoms with Crippen LogP contribution in [0.2, 0.25) is 10.4 Å². The molecule has 38 heavy (non-hydrogen) atoms. The highest BCUT2D eigenvalue weighted by atomic mass is 35.5. The van der Waals surface area contributed by atoms with Crippen LogP contribution in [0, 0.1) is 0 Å². The van der Waals surface area contributed by atoms with E-state index < -0.39 is 57.3 Å². The van der Waals surface area contributed by atoms with Gasteiger partial charge in [0.05, 0.1) is 12.9 Å². The molecule has 0 amide bonds. The lowest BCUT2D eigenvalue weighted by molar-refractivity contribution is -0.165. The molecule has 1 aliphatic rings. The van der Waals surface area contributed by atoms with E-state index in [-0.39, 0.29) is 40.8 Å². The van der Waals surface area contributed by atoms with E-state index in [0.29, 0.717) is 0 Å². The van der Waals surface area contributed by atoms with Gasteiger partial charge in [0.2, 0.25) is 12.7 Å².